The lowest BCUT2D eigenvalue weighted by molar-refractivity contribution is 0.292. The van der Waals surface area contributed by atoms with E-state index >= 15 is 0 Å². The van der Waals surface area contributed by atoms with Crippen molar-refractivity contribution in [1.29, 1.82) is 0 Å². The molecule has 3 heteroatoms. The maximum Gasteiger partial charge on any atom is 0.133 e. The summed E-state index contributed by atoms with van der Waals surface area (Å²) in [6.07, 6.45) is 4.46. The minimum absolute atomic E-state index is 0.396. The Morgan fingerprint density at radius 1 is 1.35 bits per heavy atom. The number of nitrogens with zero attached hydrogens (tertiary/aromatic N) is 3. The van der Waals surface area contributed by atoms with Gasteiger partial charge in [-0.25, -0.2) is 9.97 Å². The summed E-state index contributed by atoms with van der Waals surface area (Å²) >= 11 is 0. The van der Waals surface area contributed by atoms with E-state index in [1.807, 2.05) is 12.3 Å². The van der Waals surface area contributed by atoms with Crippen LogP contribution < -0.4 is 4.90 Å². The Kier molecular flexibility index (Phi) is 3.36. The molecule has 3 nitrogen and oxygen atoms in total. The molecule has 1 fully saturated rings. The van der Waals surface area contributed by atoms with E-state index in [9.17, 15) is 0 Å². The van der Waals surface area contributed by atoms with Gasteiger partial charge in [-0.3, -0.25) is 0 Å². The van der Waals surface area contributed by atoms with Crippen LogP contribution in [0.1, 0.15) is 52.3 Å². The summed E-state index contributed by atoms with van der Waals surface area (Å²) in [7, 11) is 0. The van der Waals surface area contributed by atoms with E-state index in [1.165, 1.54) is 12.8 Å². The molecule has 94 valence electrons. The zero-order valence-corrected chi connectivity index (χ0v) is 11.4. The van der Waals surface area contributed by atoms with Crippen molar-refractivity contribution in [2.75, 3.05) is 18.0 Å². The summed E-state index contributed by atoms with van der Waals surface area (Å²) in [5, 5.41) is 0. The van der Waals surface area contributed by atoms with Gasteiger partial charge in [-0.15, -0.1) is 0 Å². The van der Waals surface area contributed by atoms with Gasteiger partial charge < -0.3 is 4.90 Å². The fourth-order valence-electron chi connectivity index (χ4n) is 2.44. The van der Waals surface area contributed by atoms with Crippen LogP contribution in [0, 0.1) is 5.41 Å². The molecule has 1 aliphatic rings. The second kappa shape index (κ2) is 4.63. The van der Waals surface area contributed by atoms with E-state index in [2.05, 4.69) is 42.6 Å². The van der Waals surface area contributed by atoms with Crippen molar-refractivity contribution in [3.05, 3.63) is 18.1 Å². The van der Waals surface area contributed by atoms with E-state index in [1.54, 1.807) is 0 Å². The smallest absolute Gasteiger partial charge is 0.133 e. The van der Waals surface area contributed by atoms with Gasteiger partial charge in [0.05, 0.1) is 0 Å². The molecule has 2 heterocycles. The van der Waals surface area contributed by atoms with Crippen LogP contribution >= 0.6 is 0 Å². The summed E-state index contributed by atoms with van der Waals surface area (Å²) in [6.45, 7) is 11.2. The lowest BCUT2D eigenvalue weighted by atomic mass is 9.84. The predicted molar refractivity (Wildman–Crippen MR) is 71.3 cm³/mol. The van der Waals surface area contributed by atoms with Gasteiger partial charge in [0.15, 0.2) is 0 Å². The molecule has 0 aliphatic carbocycles. The first-order valence-electron chi connectivity index (χ1n) is 6.56. The topological polar surface area (TPSA) is 29.0 Å². The Morgan fingerprint density at radius 2 is 2.12 bits per heavy atom. The maximum atomic E-state index is 4.68. The number of aromatic nitrogens is 2. The molecular weight excluding hydrogens is 210 g/mol. The summed E-state index contributed by atoms with van der Waals surface area (Å²) in [6, 6.07) is 2.04. The van der Waals surface area contributed by atoms with E-state index in [0.717, 1.165) is 24.7 Å². The average molecular weight is 233 g/mol. The quantitative estimate of drug-likeness (QED) is 0.785. The Bertz CT molecular complexity index is 385. The third-order valence-electron chi connectivity index (χ3n) is 3.40. The number of hydrogen-bond acceptors (Lipinski definition) is 3. The summed E-state index contributed by atoms with van der Waals surface area (Å²) in [5.41, 5.74) is 0.404. The van der Waals surface area contributed by atoms with Crippen molar-refractivity contribution in [1.82, 2.24) is 9.97 Å². The van der Waals surface area contributed by atoms with Gasteiger partial charge in [0.25, 0.3) is 0 Å². The minimum Gasteiger partial charge on any atom is -0.356 e. The van der Waals surface area contributed by atoms with Gasteiger partial charge in [0.2, 0.25) is 0 Å². The van der Waals surface area contributed by atoms with Crippen LogP contribution in [0.4, 0.5) is 5.82 Å². The molecule has 0 radical (unpaired) electrons. The van der Waals surface area contributed by atoms with Crippen LogP contribution in [0.3, 0.4) is 0 Å². The molecule has 0 aromatic carbocycles. The molecule has 17 heavy (non-hydrogen) atoms. The molecule has 1 aromatic heterocycles. The highest BCUT2D eigenvalue weighted by molar-refractivity contribution is 5.38. The van der Waals surface area contributed by atoms with E-state index in [4.69, 9.17) is 0 Å². The largest absolute Gasteiger partial charge is 0.356 e. The monoisotopic (exact) mass is 233 g/mol. The number of anilines is 1. The van der Waals surface area contributed by atoms with Gasteiger partial charge in [0, 0.05) is 25.2 Å². The molecule has 1 aromatic rings. The zero-order valence-electron chi connectivity index (χ0n) is 11.4. The molecule has 0 spiro atoms. The molecule has 0 saturated carbocycles. The van der Waals surface area contributed by atoms with Crippen LogP contribution in [-0.2, 0) is 0 Å². The van der Waals surface area contributed by atoms with Crippen LogP contribution in [0.25, 0.3) is 0 Å². The highest BCUT2D eigenvalue weighted by atomic mass is 15.2. The van der Waals surface area contributed by atoms with Crippen molar-refractivity contribution >= 4 is 5.82 Å². The first-order valence-corrected chi connectivity index (χ1v) is 6.56. The van der Waals surface area contributed by atoms with Crippen LogP contribution in [0.5, 0.6) is 0 Å². The van der Waals surface area contributed by atoms with Crippen molar-refractivity contribution in [3.63, 3.8) is 0 Å². The minimum atomic E-state index is 0.396. The summed E-state index contributed by atoms with van der Waals surface area (Å²) in [4.78, 5) is 11.4. The highest BCUT2D eigenvalue weighted by Crippen LogP contribution is 2.30. The molecule has 0 bridgehead atoms. The Labute approximate surface area is 104 Å². The predicted octanol–water partition coefficient (Wildman–Crippen LogP) is 3.23. The highest BCUT2D eigenvalue weighted by Gasteiger charge is 2.27. The number of rotatable bonds is 2. The number of hydrogen-bond donors (Lipinski definition) is 0. The SMILES string of the molecule is CC(C)c1nccc(N2CCCC(C)(C)C2)n1. The fourth-order valence-corrected chi connectivity index (χ4v) is 2.44. The third-order valence-corrected chi connectivity index (χ3v) is 3.40. The Balaban J connectivity index is 2.19. The summed E-state index contributed by atoms with van der Waals surface area (Å²) < 4.78 is 0. The molecular formula is C14H23N3. The van der Waals surface area contributed by atoms with Crippen molar-refractivity contribution in [2.45, 2.75) is 46.5 Å². The molecule has 1 saturated heterocycles. The molecule has 0 amide bonds. The van der Waals surface area contributed by atoms with E-state index < -0.39 is 0 Å². The van der Waals surface area contributed by atoms with Gasteiger partial charge in [-0.2, -0.15) is 0 Å². The van der Waals surface area contributed by atoms with Crippen LogP contribution in [0.15, 0.2) is 12.3 Å². The van der Waals surface area contributed by atoms with Crippen LogP contribution in [-0.4, -0.2) is 23.1 Å². The molecule has 1 aliphatic heterocycles. The Hall–Kier alpha value is -1.12. The van der Waals surface area contributed by atoms with Crippen molar-refractivity contribution in [2.24, 2.45) is 5.41 Å². The first-order chi connectivity index (χ1) is 7.98. The van der Waals surface area contributed by atoms with E-state index in [0.29, 0.717) is 11.3 Å². The van der Waals surface area contributed by atoms with Crippen LogP contribution in [0.2, 0.25) is 0 Å². The van der Waals surface area contributed by atoms with Crippen molar-refractivity contribution < 1.29 is 0 Å². The average Bonchev–Trinajstić information content (AvgIpc) is 2.28. The molecule has 2 rings (SSSR count). The zero-order chi connectivity index (χ0) is 12.5. The van der Waals surface area contributed by atoms with Gasteiger partial charge in [-0.1, -0.05) is 27.7 Å². The number of piperidine rings is 1. The lowest BCUT2D eigenvalue weighted by Gasteiger charge is -2.38. The normalized spacial score (nSPS) is 19.7. The second-order valence-corrected chi connectivity index (χ2v) is 6.12. The van der Waals surface area contributed by atoms with Crippen molar-refractivity contribution in [3.8, 4) is 0 Å². The molecule has 0 N–H and O–H groups in total. The lowest BCUT2D eigenvalue weighted by Crippen LogP contribution is -2.40. The maximum absolute atomic E-state index is 4.68. The van der Waals surface area contributed by atoms with Gasteiger partial charge in [-0.05, 0) is 24.3 Å². The fraction of sp³-hybridized carbons (Fsp3) is 0.714. The molecule has 0 unspecified atom stereocenters. The second-order valence-electron chi connectivity index (χ2n) is 6.12. The summed E-state index contributed by atoms with van der Waals surface area (Å²) in [5.74, 6) is 2.44. The first kappa shape index (κ1) is 12.3. The third kappa shape index (κ3) is 2.96. The Morgan fingerprint density at radius 3 is 2.76 bits per heavy atom. The molecule has 0 atom stereocenters. The van der Waals surface area contributed by atoms with E-state index in [-0.39, 0.29) is 0 Å². The standard InChI is InChI=1S/C14H23N3/c1-11(2)13-15-8-6-12(16-13)17-9-5-7-14(3,4)10-17/h6,8,11H,5,7,9-10H2,1-4H3. The van der Waals surface area contributed by atoms with Gasteiger partial charge >= 0.3 is 0 Å². The van der Waals surface area contributed by atoms with Gasteiger partial charge in [0.1, 0.15) is 11.6 Å².